The van der Waals surface area contributed by atoms with E-state index in [0.29, 0.717) is 17.9 Å². The number of benzene rings is 1. The molecule has 2 N–H and O–H groups in total. The van der Waals surface area contributed by atoms with Gasteiger partial charge in [-0.15, -0.1) is 0 Å². The lowest BCUT2D eigenvalue weighted by Crippen LogP contribution is -2.15. The van der Waals surface area contributed by atoms with Crippen LogP contribution in [0.25, 0.3) is 0 Å². The molecule has 4 rings (SSSR count). The van der Waals surface area contributed by atoms with E-state index in [4.69, 9.17) is 0 Å². The van der Waals surface area contributed by atoms with Crippen molar-refractivity contribution in [2.45, 2.75) is 38.6 Å². The highest BCUT2D eigenvalue weighted by atomic mass is 16.3. The van der Waals surface area contributed by atoms with Crippen LogP contribution in [0.5, 0.6) is 5.75 Å². The van der Waals surface area contributed by atoms with Crippen LogP contribution < -0.4 is 5.32 Å². The SMILES string of the molecule is O=C(Nc1ccn(CCc2ccncc2)n1)c1cc2c(cc1O)CCCC2. The van der Waals surface area contributed by atoms with E-state index in [1.54, 1.807) is 29.2 Å². The zero-order valence-electron chi connectivity index (χ0n) is 15.1. The molecule has 0 saturated heterocycles. The molecule has 0 atom stereocenters. The first kappa shape index (κ1) is 17.3. The van der Waals surface area contributed by atoms with Crippen LogP contribution in [0.15, 0.2) is 48.9 Å². The summed E-state index contributed by atoms with van der Waals surface area (Å²) < 4.78 is 1.79. The van der Waals surface area contributed by atoms with Gasteiger partial charge in [0.15, 0.2) is 5.82 Å². The number of carbonyl (C=O) groups is 1. The third-order valence-corrected chi connectivity index (χ3v) is 4.97. The highest BCUT2D eigenvalue weighted by Gasteiger charge is 2.18. The summed E-state index contributed by atoms with van der Waals surface area (Å²) in [5.41, 5.74) is 3.80. The Morgan fingerprint density at radius 3 is 2.63 bits per heavy atom. The molecular weight excluding hydrogens is 340 g/mol. The molecule has 0 unspecified atom stereocenters. The standard InChI is InChI=1S/C21H22N4O2/c26-19-14-17-4-2-1-3-16(17)13-18(19)21(27)23-20-8-12-25(24-20)11-7-15-5-9-22-10-6-15/h5-6,8-10,12-14,26H,1-4,7,11H2,(H,23,24,27). The quantitative estimate of drug-likeness (QED) is 0.729. The topological polar surface area (TPSA) is 80.0 Å². The van der Waals surface area contributed by atoms with Crippen molar-refractivity contribution in [3.63, 3.8) is 0 Å². The maximum Gasteiger partial charge on any atom is 0.260 e. The molecule has 0 saturated carbocycles. The van der Waals surface area contributed by atoms with Gasteiger partial charge in [0.2, 0.25) is 0 Å². The Balaban J connectivity index is 1.42. The van der Waals surface area contributed by atoms with Crippen LogP contribution in [0.2, 0.25) is 0 Å². The number of aromatic hydroxyl groups is 1. The number of aryl methyl sites for hydroxylation is 4. The molecule has 27 heavy (non-hydrogen) atoms. The van der Waals surface area contributed by atoms with Crippen molar-refractivity contribution in [1.29, 1.82) is 0 Å². The van der Waals surface area contributed by atoms with E-state index in [0.717, 1.165) is 43.2 Å². The van der Waals surface area contributed by atoms with E-state index in [9.17, 15) is 9.90 Å². The molecule has 6 heteroatoms. The zero-order chi connectivity index (χ0) is 18.6. The molecule has 0 bridgehead atoms. The van der Waals surface area contributed by atoms with Crippen LogP contribution in [-0.4, -0.2) is 25.8 Å². The molecule has 0 fully saturated rings. The number of phenolic OH excluding ortho intramolecular Hbond substituents is 1. The lowest BCUT2D eigenvalue weighted by Gasteiger charge is -2.17. The van der Waals surface area contributed by atoms with Gasteiger partial charge in [-0.25, -0.2) is 0 Å². The fraction of sp³-hybridized carbons (Fsp3) is 0.286. The molecule has 6 nitrogen and oxygen atoms in total. The number of amides is 1. The summed E-state index contributed by atoms with van der Waals surface area (Å²) in [6.45, 7) is 0.712. The van der Waals surface area contributed by atoms with Gasteiger partial charge in [0.25, 0.3) is 5.91 Å². The van der Waals surface area contributed by atoms with Gasteiger partial charge in [0, 0.05) is 31.2 Å². The van der Waals surface area contributed by atoms with Gasteiger partial charge in [0.1, 0.15) is 5.75 Å². The molecule has 1 aliphatic rings. The number of rotatable bonds is 5. The second-order valence-electron chi connectivity index (χ2n) is 6.87. The molecule has 2 aromatic heterocycles. The highest BCUT2D eigenvalue weighted by Crippen LogP contribution is 2.28. The molecule has 0 spiro atoms. The van der Waals surface area contributed by atoms with Crippen molar-refractivity contribution >= 4 is 11.7 Å². The van der Waals surface area contributed by atoms with Crippen molar-refractivity contribution in [3.05, 3.63) is 71.2 Å². The number of nitrogens with zero attached hydrogens (tertiary/aromatic N) is 3. The number of hydrogen-bond donors (Lipinski definition) is 2. The Kier molecular flexibility index (Phi) is 4.87. The second-order valence-corrected chi connectivity index (χ2v) is 6.87. The normalized spacial score (nSPS) is 13.2. The Morgan fingerprint density at radius 2 is 1.85 bits per heavy atom. The molecule has 138 valence electrons. The smallest absolute Gasteiger partial charge is 0.260 e. The van der Waals surface area contributed by atoms with Crippen molar-refractivity contribution in [2.75, 3.05) is 5.32 Å². The monoisotopic (exact) mass is 362 g/mol. The lowest BCUT2D eigenvalue weighted by atomic mass is 9.90. The van der Waals surface area contributed by atoms with Gasteiger partial charge < -0.3 is 10.4 Å². The highest BCUT2D eigenvalue weighted by molar-refractivity contribution is 6.05. The maximum absolute atomic E-state index is 12.6. The number of hydrogen-bond acceptors (Lipinski definition) is 4. The zero-order valence-corrected chi connectivity index (χ0v) is 15.1. The minimum Gasteiger partial charge on any atom is -0.507 e. The van der Waals surface area contributed by atoms with Crippen molar-refractivity contribution in [1.82, 2.24) is 14.8 Å². The first-order chi connectivity index (χ1) is 13.2. The van der Waals surface area contributed by atoms with Crippen molar-refractivity contribution < 1.29 is 9.90 Å². The van der Waals surface area contributed by atoms with E-state index >= 15 is 0 Å². The summed E-state index contributed by atoms with van der Waals surface area (Å²) in [6.07, 6.45) is 10.4. The number of carbonyl (C=O) groups excluding carboxylic acids is 1. The third-order valence-electron chi connectivity index (χ3n) is 4.97. The number of phenols is 1. The molecule has 1 amide bonds. The van der Waals surface area contributed by atoms with E-state index in [-0.39, 0.29) is 11.7 Å². The number of pyridine rings is 1. The summed E-state index contributed by atoms with van der Waals surface area (Å²) in [5.74, 6) is 0.178. The van der Waals surface area contributed by atoms with Crippen molar-refractivity contribution in [2.24, 2.45) is 0 Å². The van der Waals surface area contributed by atoms with E-state index in [1.807, 2.05) is 24.4 Å². The van der Waals surface area contributed by atoms with Crippen molar-refractivity contribution in [3.8, 4) is 5.75 Å². The number of fused-ring (bicyclic) bond motifs is 1. The van der Waals surface area contributed by atoms with Crippen LogP contribution >= 0.6 is 0 Å². The Morgan fingerprint density at radius 1 is 1.11 bits per heavy atom. The summed E-state index contributed by atoms with van der Waals surface area (Å²) in [6, 6.07) is 9.27. The minimum atomic E-state index is -0.333. The lowest BCUT2D eigenvalue weighted by molar-refractivity contribution is 0.102. The summed E-state index contributed by atoms with van der Waals surface area (Å²) in [4.78, 5) is 16.6. The first-order valence-corrected chi connectivity index (χ1v) is 9.27. The van der Waals surface area contributed by atoms with Gasteiger partial charge >= 0.3 is 0 Å². The van der Waals surface area contributed by atoms with Crippen LogP contribution in [0, 0.1) is 0 Å². The molecule has 1 aromatic carbocycles. The van der Waals surface area contributed by atoms with Crippen LogP contribution in [0.3, 0.4) is 0 Å². The Labute approximate surface area is 157 Å². The number of aromatic nitrogens is 3. The molecule has 2 heterocycles. The van der Waals surface area contributed by atoms with Gasteiger partial charge in [-0.1, -0.05) is 0 Å². The Bertz CT molecular complexity index is 950. The van der Waals surface area contributed by atoms with Crippen LogP contribution in [0.4, 0.5) is 5.82 Å². The van der Waals surface area contributed by atoms with E-state index < -0.39 is 0 Å². The molecule has 0 aliphatic heterocycles. The van der Waals surface area contributed by atoms with Gasteiger partial charge in [-0.2, -0.15) is 5.10 Å². The summed E-state index contributed by atoms with van der Waals surface area (Å²) in [5, 5.41) is 17.4. The molecule has 1 aliphatic carbocycles. The van der Waals surface area contributed by atoms with Gasteiger partial charge in [-0.3, -0.25) is 14.5 Å². The third kappa shape index (κ3) is 4.00. The molecular formula is C21H22N4O2. The largest absolute Gasteiger partial charge is 0.507 e. The second kappa shape index (κ2) is 7.61. The fourth-order valence-electron chi connectivity index (χ4n) is 3.48. The van der Waals surface area contributed by atoms with Crippen LogP contribution in [-0.2, 0) is 25.8 Å². The average molecular weight is 362 g/mol. The summed E-state index contributed by atoms with van der Waals surface area (Å²) >= 11 is 0. The molecule has 3 aromatic rings. The van der Waals surface area contributed by atoms with Gasteiger partial charge in [0.05, 0.1) is 5.56 Å². The maximum atomic E-state index is 12.6. The number of anilines is 1. The molecule has 0 radical (unpaired) electrons. The predicted molar refractivity (Wildman–Crippen MR) is 103 cm³/mol. The number of nitrogens with one attached hydrogen (secondary N) is 1. The minimum absolute atomic E-state index is 0.0327. The van der Waals surface area contributed by atoms with Gasteiger partial charge in [-0.05, 0) is 73.1 Å². The average Bonchev–Trinajstić information content (AvgIpc) is 3.14. The fourth-order valence-corrected chi connectivity index (χ4v) is 3.48. The van der Waals surface area contributed by atoms with Crippen LogP contribution in [0.1, 0.15) is 39.9 Å². The predicted octanol–water partition coefficient (Wildman–Crippen LogP) is 3.36. The van der Waals surface area contributed by atoms with E-state index in [1.165, 1.54) is 5.56 Å². The summed E-state index contributed by atoms with van der Waals surface area (Å²) in [7, 11) is 0. The Hall–Kier alpha value is -3.15. The van der Waals surface area contributed by atoms with E-state index in [2.05, 4.69) is 15.4 Å². The first-order valence-electron chi connectivity index (χ1n) is 9.27.